The van der Waals surface area contributed by atoms with E-state index in [-0.39, 0.29) is 5.91 Å². The number of nitrogens with one attached hydrogen (secondary N) is 1. The Morgan fingerprint density at radius 1 is 1.00 bits per heavy atom. The smallest absolute Gasteiger partial charge is 0.269 e. The number of nitrogens with zero attached hydrogens (tertiary/aromatic N) is 3. The molecule has 3 aromatic carbocycles. The summed E-state index contributed by atoms with van der Waals surface area (Å²) in [5.74, 6) is 0.303. The molecule has 6 nitrogen and oxygen atoms in total. The van der Waals surface area contributed by atoms with Crippen molar-refractivity contribution in [3.8, 4) is 5.75 Å². The second kappa shape index (κ2) is 9.80. The summed E-state index contributed by atoms with van der Waals surface area (Å²) in [4.78, 5) is 23.0. The second-order valence-electron chi connectivity index (χ2n) is 6.84. The summed E-state index contributed by atoms with van der Waals surface area (Å²) in [6.45, 7) is 4.30. The van der Waals surface area contributed by atoms with Crippen molar-refractivity contribution in [2.45, 2.75) is 0 Å². The molecule has 1 amide bonds. The van der Waals surface area contributed by atoms with Gasteiger partial charge < -0.3 is 10.1 Å². The Morgan fingerprint density at radius 2 is 1.72 bits per heavy atom. The first-order valence-electron chi connectivity index (χ1n) is 9.91. The highest BCUT2D eigenvalue weighted by atomic mass is 32.1. The van der Waals surface area contributed by atoms with Crippen molar-refractivity contribution in [3.05, 3.63) is 103 Å². The Balaban J connectivity index is 1.43. The van der Waals surface area contributed by atoms with Gasteiger partial charge in [-0.3, -0.25) is 19.7 Å². The second-order valence-corrected chi connectivity index (χ2v) is 7.19. The number of anilines is 2. The van der Waals surface area contributed by atoms with Crippen LogP contribution >= 0.6 is 12.2 Å². The highest BCUT2D eigenvalue weighted by Gasteiger charge is 2.13. The lowest BCUT2D eigenvalue weighted by Gasteiger charge is -2.23. The maximum absolute atomic E-state index is 12.6. The van der Waals surface area contributed by atoms with Gasteiger partial charge in [-0.1, -0.05) is 24.3 Å². The number of fused-ring (bicyclic) bond motifs is 1. The normalized spacial score (nSPS) is 10.4. The lowest BCUT2D eigenvalue weighted by atomic mass is 10.2. The van der Waals surface area contributed by atoms with Crippen LogP contribution in [-0.2, 0) is 0 Å². The Bertz CT molecular complexity index is 1260. The molecule has 7 heteroatoms. The van der Waals surface area contributed by atoms with E-state index in [1.54, 1.807) is 54.9 Å². The molecule has 0 spiro atoms. The van der Waals surface area contributed by atoms with Gasteiger partial charge in [0.25, 0.3) is 11.1 Å². The summed E-state index contributed by atoms with van der Waals surface area (Å²) in [5, 5.41) is 3.17. The summed E-state index contributed by atoms with van der Waals surface area (Å²) >= 11 is 5.48. The van der Waals surface area contributed by atoms with Crippen LogP contribution in [-0.4, -0.2) is 27.6 Å². The van der Waals surface area contributed by atoms with E-state index in [0.717, 1.165) is 11.2 Å². The minimum Gasteiger partial charge on any atom is -0.432 e. The van der Waals surface area contributed by atoms with Crippen molar-refractivity contribution >= 4 is 45.7 Å². The zero-order chi connectivity index (χ0) is 22.3. The minimum atomic E-state index is -0.236. The summed E-state index contributed by atoms with van der Waals surface area (Å²) in [7, 11) is 0. The summed E-state index contributed by atoms with van der Waals surface area (Å²) in [6.07, 6.45) is 5.01. The fourth-order valence-electron chi connectivity index (χ4n) is 3.10. The van der Waals surface area contributed by atoms with Crippen LogP contribution in [0.3, 0.4) is 0 Å². The van der Waals surface area contributed by atoms with E-state index in [9.17, 15) is 4.79 Å². The van der Waals surface area contributed by atoms with Crippen molar-refractivity contribution in [1.29, 1.82) is 0 Å². The Labute approximate surface area is 191 Å². The van der Waals surface area contributed by atoms with Crippen molar-refractivity contribution < 1.29 is 9.53 Å². The number of hydrogen-bond donors (Lipinski definition) is 1. The van der Waals surface area contributed by atoms with Crippen molar-refractivity contribution in [3.63, 3.8) is 0 Å². The molecule has 4 aromatic rings. The molecular weight excluding hydrogens is 420 g/mol. The fraction of sp³-hybridized carbons (Fsp3) is 0.0400. The van der Waals surface area contributed by atoms with Crippen molar-refractivity contribution in [2.75, 3.05) is 16.8 Å². The molecule has 1 aromatic heterocycles. The number of amides is 1. The Kier molecular flexibility index (Phi) is 6.48. The highest BCUT2D eigenvalue weighted by molar-refractivity contribution is 7.80. The van der Waals surface area contributed by atoms with Gasteiger partial charge in [0.05, 0.1) is 11.0 Å². The van der Waals surface area contributed by atoms with Crippen LogP contribution in [0.25, 0.3) is 11.0 Å². The third-order valence-electron chi connectivity index (χ3n) is 4.65. The number of carbonyl (C=O) groups excluding carboxylic acids is 1. The number of thiocarbonyl (C=S) groups is 1. The van der Waals surface area contributed by atoms with Crippen LogP contribution in [0.1, 0.15) is 10.4 Å². The van der Waals surface area contributed by atoms with E-state index in [4.69, 9.17) is 17.0 Å². The summed E-state index contributed by atoms with van der Waals surface area (Å²) in [5.41, 5.74) is 3.53. The van der Waals surface area contributed by atoms with Gasteiger partial charge in [0.1, 0.15) is 5.75 Å². The monoisotopic (exact) mass is 440 g/mol. The first-order valence-corrected chi connectivity index (χ1v) is 10.3. The number of hydrogen-bond acceptors (Lipinski definition) is 5. The molecule has 0 aliphatic carbocycles. The molecule has 0 saturated carbocycles. The minimum absolute atomic E-state index is 0.236. The molecule has 0 aliphatic heterocycles. The van der Waals surface area contributed by atoms with E-state index in [0.29, 0.717) is 34.2 Å². The summed E-state index contributed by atoms with van der Waals surface area (Å²) < 4.78 is 5.85. The first kappa shape index (κ1) is 21.1. The number of ether oxygens (including phenoxy) is 1. The third kappa shape index (κ3) is 4.96. The van der Waals surface area contributed by atoms with Crippen molar-refractivity contribution in [1.82, 2.24) is 9.97 Å². The first-order chi connectivity index (χ1) is 15.6. The molecule has 32 heavy (non-hydrogen) atoms. The number of carbonyl (C=O) groups is 1. The largest absolute Gasteiger partial charge is 0.432 e. The standard InChI is InChI=1S/C25H20N4O2S/c1-2-16-29(20-6-4-3-5-7-20)25(32)31-21-11-8-18(9-12-21)24(30)28-19-10-13-22-23(17-19)27-15-14-26-22/h2-15,17H,1,16H2,(H,28,30). The molecule has 0 bridgehead atoms. The molecule has 0 atom stereocenters. The van der Waals surface area contributed by atoms with E-state index in [1.807, 2.05) is 41.3 Å². The Hall–Kier alpha value is -4.10. The highest BCUT2D eigenvalue weighted by Crippen LogP contribution is 2.20. The molecule has 0 unspecified atom stereocenters. The van der Waals surface area contributed by atoms with Gasteiger partial charge >= 0.3 is 0 Å². The van der Waals surface area contributed by atoms with Crippen LogP contribution in [0.5, 0.6) is 5.75 Å². The molecule has 0 aliphatic rings. The third-order valence-corrected chi connectivity index (χ3v) is 4.95. The van der Waals surface area contributed by atoms with E-state index in [1.165, 1.54) is 0 Å². The predicted molar refractivity (Wildman–Crippen MR) is 131 cm³/mol. The molecule has 0 saturated heterocycles. The van der Waals surface area contributed by atoms with Gasteiger partial charge in [-0.05, 0) is 66.8 Å². The lowest BCUT2D eigenvalue weighted by molar-refractivity contribution is 0.102. The Morgan fingerprint density at radius 3 is 2.44 bits per heavy atom. The van der Waals surface area contributed by atoms with Crippen LogP contribution in [0.4, 0.5) is 11.4 Å². The van der Waals surface area contributed by atoms with Gasteiger partial charge in [-0.2, -0.15) is 0 Å². The van der Waals surface area contributed by atoms with Gasteiger partial charge in [0.2, 0.25) is 0 Å². The van der Waals surface area contributed by atoms with Crippen molar-refractivity contribution in [2.24, 2.45) is 0 Å². The quantitative estimate of drug-likeness (QED) is 0.327. The van der Waals surface area contributed by atoms with Crippen LogP contribution < -0.4 is 15.0 Å². The van der Waals surface area contributed by atoms with Gasteiger partial charge in [0, 0.05) is 35.9 Å². The molecule has 0 radical (unpaired) electrons. The maximum atomic E-state index is 12.6. The van der Waals surface area contributed by atoms with E-state index in [2.05, 4.69) is 21.9 Å². The SMILES string of the molecule is C=CCN(C(=S)Oc1ccc(C(=O)Nc2ccc3nccnc3c2)cc1)c1ccccc1. The van der Waals surface area contributed by atoms with Gasteiger partial charge in [-0.25, -0.2) is 0 Å². The fourth-order valence-corrected chi connectivity index (χ4v) is 3.37. The average Bonchev–Trinajstić information content (AvgIpc) is 2.83. The molecule has 0 fully saturated rings. The maximum Gasteiger partial charge on any atom is 0.269 e. The number of benzene rings is 3. The zero-order valence-electron chi connectivity index (χ0n) is 17.1. The molecule has 158 valence electrons. The predicted octanol–water partition coefficient (Wildman–Crippen LogP) is 5.24. The average molecular weight is 441 g/mol. The zero-order valence-corrected chi connectivity index (χ0v) is 18.0. The number of rotatable bonds is 6. The van der Waals surface area contributed by atoms with Gasteiger partial charge in [-0.15, -0.1) is 6.58 Å². The van der Waals surface area contributed by atoms with E-state index >= 15 is 0 Å². The molecule has 4 rings (SSSR count). The van der Waals surface area contributed by atoms with Gasteiger partial charge in [0.15, 0.2) is 0 Å². The van der Waals surface area contributed by atoms with E-state index < -0.39 is 0 Å². The number of para-hydroxylation sites is 1. The summed E-state index contributed by atoms with van der Waals surface area (Å²) in [6, 6.07) is 21.9. The van der Waals surface area contributed by atoms with Crippen LogP contribution in [0.15, 0.2) is 97.8 Å². The van der Waals surface area contributed by atoms with Crippen LogP contribution in [0.2, 0.25) is 0 Å². The molecular formula is C25H20N4O2S. The number of aromatic nitrogens is 2. The lowest BCUT2D eigenvalue weighted by Crippen LogP contribution is -2.33. The van der Waals surface area contributed by atoms with Crippen LogP contribution in [0, 0.1) is 0 Å². The topological polar surface area (TPSA) is 67.3 Å². The molecule has 1 N–H and O–H groups in total. The molecule has 1 heterocycles.